The number of ketones is 1. The molecule has 6 heteroatoms. The maximum absolute atomic E-state index is 13.5. The van der Waals surface area contributed by atoms with E-state index in [2.05, 4.69) is 12.2 Å². The van der Waals surface area contributed by atoms with Gasteiger partial charge in [0.25, 0.3) is 0 Å². The first-order valence-electron chi connectivity index (χ1n) is 10.5. The van der Waals surface area contributed by atoms with Gasteiger partial charge in [0, 0.05) is 28.8 Å². The number of fused-ring (bicyclic) bond motifs is 1. The van der Waals surface area contributed by atoms with Crippen LogP contribution in [0.15, 0.2) is 59.8 Å². The number of para-hydroxylation sites is 1. The van der Waals surface area contributed by atoms with E-state index in [1.165, 1.54) is 12.1 Å². The number of nitrogens with one attached hydrogen (secondary N) is 1. The Kier molecular flexibility index (Phi) is 4.65. The number of hydrogen-bond donors (Lipinski definition) is 1. The zero-order chi connectivity index (χ0) is 21.7. The van der Waals surface area contributed by atoms with Gasteiger partial charge in [-0.25, -0.2) is 9.07 Å². The van der Waals surface area contributed by atoms with Crippen LogP contribution in [0.25, 0.3) is 11.1 Å². The lowest BCUT2D eigenvalue weighted by Crippen LogP contribution is -2.33. The van der Waals surface area contributed by atoms with Crippen molar-refractivity contribution >= 4 is 11.6 Å². The molecule has 0 saturated heterocycles. The Labute approximate surface area is 180 Å². The molecule has 0 amide bonds. The van der Waals surface area contributed by atoms with Crippen molar-refractivity contribution in [3.8, 4) is 16.9 Å². The minimum atomic E-state index is -0.379. The molecule has 5 rings (SSSR count). The molecule has 158 valence electrons. The fourth-order valence-electron chi connectivity index (χ4n) is 4.82. The first-order valence-corrected chi connectivity index (χ1v) is 10.5. The van der Waals surface area contributed by atoms with Gasteiger partial charge in [-0.15, -0.1) is 0 Å². The number of allylic oxidation sites excluding steroid dienone is 2. The highest BCUT2D eigenvalue weighted by atomic mass is 19.1. The van der Waals surface area contributed by atoms with Gasteiger partial charge in [-0.1, -0.05) is 37.3 Å². The third kappa shape index (κ3) is 3.14. The van der Waals surface area contributed by atoms with Gasteiger partial charge < -0.3 is 10.1 Å². The van der Waals surface area contributed by atoms with Gasteiger partial charge in [0.2, 0.25) is 0 Å². The Morgan fingerprint density at radius 1 is 1.13 bits per heavy atom. The first kappa shape index (κ1) is 19.5. The van der Waals surface area contributed by atoms with Gasteiger partial charge in [-0.2, -0.15) is 5.10 Å². The lowest BCUT2D eigenvalue weighted by molar-refractivity contribution is -0.117. The molecule has 2 aromatic carbocycles. The molecule has 0 spiro atoms. The topological polar surface area (TPSA) is 56.1 Å². The van der Waals surface area contributed by atoms with Crippen molar-refractivity contribution in [2.45, 2.75) is 32.7 Å². The molecule has 0 fully saturated rings. The average molecular weight is 417 g/mol. The summed E-state index contributed by atoms with van der Waals surface area (Å²) in [5.74, 6) is 1.66. The van der Waals surface area contributed by atoms with Crippen LogP contribution in [0.1, 0.15) is 37.1 Å². The fourth-order valence-corrected chi connectivity index (χ4v) is 4.82. The van der Waals surface area contributed by atoms with E-state index >= 15 is 0 Å². The van der Waals surface area contributed by atoms with E-state index in [1.54, 1.807) is 19.2 Å². The molecule has 2 aliphatic rings. The van der Waals surface area contributed by atoms with Crippen LogP contribution in [0, 0.1) is 18.7 Å². The summed E-state index contributed by atoms with van der Waals surface area (Å²) >= 11 is 0. The number of Topliss-reactive ketones (excluding diaryl/α,β-unsaturated/α-hetero) is 1. The van der Waals surface area contributed by atoms with Crippen LogP contribution < -0.4 is 10.1 Å². The number of benzene rings is 2. The summed E-state index contributed by atoms with van der Waals surface area (Å²) in [6.07, 6.45) is 1.31. The molecule has 0 radical (unpaired) electrons. The number of methoxy groups -OCH3 is 1. The van der Waals surface area contributed by atoms with Gasteiger partial charge in [0.1, 0.15) is 23.4 Å². The Hall–Kier alpha value is -3.41. The molecule has 2 heterocycles. The number of carbonyl (C=O) groups excluding carboxylic acids is 1. The largest absolute Gasteiger partial charge is 0.496 e. The molecule has 1 aromatic heterocycles. The van der Waals surface area contributed by atoms with E-state index in [1.807, 2.05) is 35.9 Å². The Bertz CT molecular complexity index is 1210. The minimum Gasteiger partial charge on any atom is -0.496 e. The van der Waals surface area contributed by atoms with E-state index in [9.17, 15) is 9.18 Å². The monoisotopic (exact) mass is 417 g/mol. The minimum absolute atomic E-state index is 0.138. The Morgan fingerprint density at radius 2 is 1.87 bits per heavy atom. The Balaban J connectivity index is 1.76. The van der Waals surface area contributed by atoms with Gasteiger partial charge in [-0.3, -0.25) is 4.79 Å². The van der Waals surface area contributed by atoms with Crippen molar-refractivity contribution < 1.29 is 13.9 Å². The van der Waals surface area contributed by atoms with Crippen LogP contribution >= 0.6 is 0 Å². The number of anilines is 1. The molecular formula is C25H24FN3O2. The molecule has 0 unspecified atom stereocenters. The highest BCUT2D eigenvalue weighted by Crippen LogP contribution is 2.47. The number of aryl methyl sites for hydroxylation is 1. The number of rotatable bonds is 3. The molecule has 1 aliphatic carbocycles. The van der Waals surface area contributed by atoms with E-state index in [0.717, 1.165) is 51.6 Å². The molecule has 1 N–H and O–H groups in total. The second-order valence-corrected chi connectivity index (χ2v) is 8.36. The first-order chi connectivity index (χ1) is 15.0. The fraction of sp³-hybridized carbons (Fsp3) is 0.280. The number of nitrogens with zero attached hydrogens (tertiary/aromatic N) is 2. The second kappa shape index (κ2) is 7.38. The van der Waals surface area contributed by atoms with Crippen molar-refractivity contribution in [2.75, 3.05) is 12.4 Å². The Morgan fingerprint density at radius 3 is 2.61 bits per heavy atom. The van der Waals surface area contributed by atoms with Crippen molar-refractivity contribution in [3.05, 3.63) is 76.9 Å². The predicted molar refractivity (Wildman–Crippen MR) is 118 cm³/mol. The molecule has 0 bridgehead atoms. The smallest absolute Gasteiger partial charge is 0.163 e. The van der Waals surface area contributed by atoms with Gasteiger partial charge in [0.15, 0.2) is 5.78 Å². The normalized spacial score (nSPS) is 20.2. The summed E-state index contributed by atoms with van der Waals surface area (Å²) < 4.78 is 21.1. The third-order valence-corrected chi connectivity index (χ3v) is 6.15. The quantitative estimate of drug-likeness (QED) is 0.630. The summed E-state index contributed by atoms with van der Waals surface area (Å²) in [5, 5.41) is 8.37. The van der Waals surface area contributed by atoms with Crippen LogP contribution in [0.5, 0.6) is 5.75 Å². The second-order valence-electron chi connectivity index (χ2n) is 8.36. The van der Waals surface area contributed by atoms with E-state index in [-0.39, 0.29) is 23.6 Å². The summed E-state index contributed by atoms with van der Waals surface area (Å²) in [7, 11) is 1.64. The van der Waals surface area contributed by atoms with Gasteiger partial charge in [0.05, 0.1) is 12.8 Å². The number of halogens is 1. The van der Waals surface area contributed by atoms with Crippen molar-refractivity contribution in [1.82, 2.24) is 9.78 Å². The summed E-state index contributed by atoms with van der Waals surface area (Å²) in [5.41, 5.74) is 5.20. The number of ether oxygens (including phenoxy) is 1. The summed E-state index contributed by atoms with van der Waals surface area (Å²) in [6, 6.07) is 13.8. The lowest BCUT2D eigenvalue weighted by Gasteiger charge is -2.35. The van der Waals surface area contributed by atoms with Crippen LogP contribution in [0.3, 0.4) is 0 Å². The average Bonchev–Trinajstić information content (AvgIpc) is 3.08. The molecule has 3 aromatic rings. The van der Waals surface area contributed by atoms with Crippen LogP contribution in [0.4, 0.5) is 10.2 Å². The number of aromatic nitrogens is 2. The van der Waals surface area contributed by atoms with E-state index in [4.69, 9.17) is 9.84 Å². The number of carbonyl (C=O) groups is 1. The molecule has 1 aliphatic heterocycles. The lowest BCUT2D eigenvalue weighted by atomic mass is 9.81. The van der Waals surface area contributed by atoms with Crippen LogP contribution in [-0.2, 0) is 4.79 Å². The standard InChI is InChI=1S/C25H24FN3O2/c1-14-12-19-23(20(30)13-14)24(18-6-4-5-7-21(18)31-3)29-25(27-19)22(15(2)28-29)16-8-10-17(26)11-9-16/h4-11,14,24,27H,12-13H2,1-3H3/t14-,24+/m0/s1. The molecular weight excluding hydrogens is 393 g/mol. The molecule has 5 nitrogen and oxygen atoms in total. The maximum atomic E-state index is 13.5. The van der Waals surface area contributed by atoms with E-state index < -0.39 is 0 Å². The highest BCUT2D eigenvalue weighted by Gasteiger charge is 2.40. The van der Waals surface area contributed by atoms with Crippen LogP contribution in [-0.4, -0.2) is 22.7 Å². The molecule has 0 saturated carbocycles. The van der Waals surface area contributed by atoms with E-state index in [0.29, 0.717) is 6.42 Å². The van der Waals surface area contributed by atoms with Crippen molar-refractivity contribution in [3.63, 3.8) is 0 Å². The van der Waals surface area contributed by atoms with Crippen molar-refractivity contribution in [2.24, 2.45) is 5.92 Å². The molecule has 31 heavy (non-hydrogen) atoms. The third-order valence-electron chi connectivity index (χ3n) is 6.15. The SMILES string of the molecule is COc1ccccc1[C@@H]1C2=C(C[C@H](C)CC2=O)Nc2c(-c3ccc(F)cc3)c(C)nn21. The van der Waals surface area contributed by atoms with Crippen molar-refractivity contribution in [1.29, 1.82) is 0 Å². The highest BCUT2D eigenvalue weighted by molar-refractivity contribution is 6.00. The maximum Gasteiger partial charge on any atom is 0.163 e. The molecule has 2 atom stereocenters. The summed E-state index contributed by atoms with van der Waals surface area (Å²) in [6.45, 7) is 4.04. The van der Waals surface area contributed by atoms with Gasteiger partial charge >= 0.3 is 0 Å². The number of hydrogen-bond acceptors (Lipinski definition) is 4. The van der Waals surface area contributed by atoms with Gasteiger partial charge in [-0.05, 0) is 43.0 Å². The zero-order valence-corrected chi connectivity index (χ0v) is 17.8. The van der Waals surface area contributed by atoms with Crippen LogP contribution in [0.2, 0.25) is 0 Å². The zero-order valence-electron chi connectivity index (χ0n) is 17.8. The summed E-state index contributed by atoms with van der Waals surface area (Å²) in [4.78, 5) is 13.2. The predicted octanol–water partition coefficient (Wildman–Crippen LogP) is 5.27.